The summed E-state index contributed by atoms with van der Waals surface area (Å²) in [5.41, 5.74) is 3.97. The fourth-order valence-corrected chi connectivity index (χ4v) is 3.25. The first-order valence-corrected chi connectivity index (χ1v) is 9.18. The molecule has 1 N–H and O–H groups in total. The van der Waals surface area contributed by atoms with E-state index >= 15 is 0 Å². The Balaban J connectivity index is 1.72. The van der Waals surface area contributed by atoms with Crippen LogP contribution in [0.3, 0.4) is 0 Å². The molecule has 4 rings (SSSR count). The van der Waals surface area contributed by atoms with E-state index in [4.69, 9.17) is 11.6 Å². The highest BCUT2D eigenvalue weighted by Crippen LogP contribution is 2.29. The minimum atomic E-state index is -0.143. The average molecular weight is 392 g/mol. The van der Waals surface area contributed by atoms with Crippen LogP contribution in [0.4, 0.5) is 17.1 Å². The van der Waals surface area contributed by atoms with E-state index in [-0.39, 0.29) is 12.5 Å². The number of carbonyl (C=O) groups excluding carboxylic acids is 1. The molecule has 3 aromatic carbocycles. The van der Waals surface area contributed by atoms with Gasteiger partial charge < -0.3 is 5.32 Å². The van der Waals surface area contributed by atoms with Crippen molar-refractivity contribution in [1.82, 2.24) is 15.0 Å². The first kappa shape index (κ1) is 18.0. The molecule has 0 spiro atoms. The molecule has 28 heavy (non-hydrogen) atoms. The third-order valence-corrected chi connectivity index (χ3v) is 4.67. The zero-order chi connectivity index (χ0) is 19.5. The predicted octanol–water partition coefficient (Wildman–Crippen LogP) is 4.49. The van der Waals surface area contributed by atoms with E-state index in [1.54, 1.807) is 21.7 Å². The number of nitrogens with one attached hydrogen (secondary N) is 1. The summed E-state index contributed by atoms with van der Waals surface area (Å²) >= 11 is 6.17. The summed E-state index contributed by atoms with van der Waals surface area (Å²) in [6.45, 7) is 0.0564. The van der Waals surface area contributed by atoms with Crippen LogP contribution in [-0.4, -0.2) is 27.9 Å². The van der Waals surface area contributed by atoms with Crippen molar-refractivity contribution in [2.24, 2.45) is 0 Å². The number of anilines is 3. The normalized spacial score (nSPS) is 10.8. The summed E-state index contributed by atoms with van der Waals surface area (Å²) in [5, 5.41) is 11.9. The summed E-state index contributed by atoms with van der Waals surface area (Å²) in [5.74, 6) is -0.143. The number of para-hydroxylation sites is 1. The Kier molecular flexibility index (Phi) is 4.95. The molecule has 0 unspecified atom stereocenters. The minimum Gasteiger partial charge on any atom is -0.388 e. The van der Waals surface area contributed by atoms with Gasteiger partial charge in [0.05, 0.1) is 11.2 Å². The van der Waals surface area contributed by atoms with Crippen LogP contribution < -0.4 is 10.2 Å². The molecular weight excluding hydrogens is 374 g/mol. The maximum absolute atomic E-state index is 13.3. The number of hydrogen-bond donors (Lipinski definition) is 1. The lowest BCUT2D eigenvalue weighted by atomic mass is 10.2. The third-order valence-electron chi connectivity index (χ3n) is 4.44. The fraction of sp³-hybridized carbons (Fsp3) is 0.0952. The van der Waals surface area contributed by atoms with Crippen molar-refractivity contribution in [2.45, 2.75) is 6.54 Å². The SMILES string of the molecule is CNc1ccc(N(C(=O)Cn2nnc3ccccc32)c2cccc(Cl)c2)cc1. The zero-order valence-electron chi connectivity index (χ0n) is 15.2. The number of halogens is 1. The molecule has 0 aliphatic heterocycles. The molecule has 1 heterocycles. The van der Waals surface area contributed by atoms with Gasteiger partial charge in [-0.2, -0.15) is 0 Å². The number of aromatic nitrogens is 3. The molecule has 6 nitrogen and oxygen atoms in total. The standard InChI is InChI=1S/C21H18ClN5O/c1-23-16-9-11-17(12-10-16)27(18-6-4-5-15(22)13-18)21(28)14-26-20-8-3-2-7-19(20)24-25-26/h2-13,23H,14H2,1H3. The molecule has 0 aliphatic carbocycles. The highest BCUT2D eigenvalue weighted by Gasteiger charge is 2.20. The third kappa shape index (κ3) is 3.54. The van der Waals surface area contributed by atoms with Crippen molar-refractivity contribution < 1.29 is 4.79 Å². The highest BCUT2D eigenvalue weighted by atomic mass is 35.5. The van der Waals surface area contributed by atoms with Crippen LogP contribution in [0.25, 0.3) is 11.0 Å². The fourth-order valence-electron chi connectivity index (χ4n) is 3.06. The molecular formula is C21H18ClN5O. The van der Waals surface area contributed by atoms with Gasteiger partial charge >= 0.3 is 0 Å². The zero-order valence-corrected chi connectivity index (χ0v) is 16.0. The van der Waals surface area contributed by atoms with Crippen molar-refractivity contribution in [3.8, 4) is 0 Å². The summed E-state index contributed by atoms with van der Waals surface area (Å²) in [6.07, 6.45) is 0. The van der Waals surface area contributed by atoms with Gasteiger partial charge in [0.15, 0.2) is 0 Å². The number of nitrogens with zero attached hydrogens (tertiary/aromatic N) is 4. The minimum absolute atomic E-state index is 0.0564. The van der Waals surface area contributed by atoms with Crippen LogP contribution in [0.5, 0.6) is 0 Å². The largest absolute Gasteiger partial charge is 0.388 e. The van der Waals surface area contributed by atoms with E-state index in [2.05, 4.69) is 15.6 Å². The number of rotatable bonds is 5. The van der Waals surface area contributed by atoms with Gasteiger partial charge in [-0.3, -0.25) is 9.69 Å². The Bertz CT molecular complexity index is 1120. The van der Waals surface area contributed by atoms with Crippen molar-refractivity contribution in [3.63, 3.8) is 0 Å². The van der Waals surface area contributed by atoms with Gasteiger partial charge in [0, 0.05) is 23.4 Å². The van der Waals surface area contributed by atoms with Gasteiger partial charge in [0.25, 0.3) is 5.91 Å². The predicted molar refractivity (Wildman–Crippen MR) is 112 cm³/mol. The summed E-state index contributed by atoms with van der Waals surface area (Å²) in [7, 11) is 1.85. The molecule has 0 atom stereocenters. The van der Waals surface area contributed by atoms with Crippen LogP contribution >= 0.6 is 11.6 Å². The molecule has 4 aromatic rings. The Morgan fingerprint density at radius 2 is 1.82 bits per heavy atom. The van der Waals surface area contributed by atoms with Gasteiger partial charge in [-0.1, -0.05) is 35.0 Å². The van der Waals surface area contributed by atoms with Crippen LogP contribution in [-0.2, 0) is 11.3 Å². The lowest BCUT2D eigenvalue weighted by molar-refractivity contribution is -0.118. The summed E-state index contributed by atoms with van der Waals surface area (Å²) in [4.78, 5) is 14.9. The van der Waals surface area contributed by atoms with E-state index in [1.807, 2.05) is 67.7 Å². The molecule has 0 saturated heterocycles. The van der Waals surface area contributed by atoms with E-state index in [9.17, 15) is 4.79 Å². The molecule has 0 fully saturated rings. The molecule has 1 amide bonds. The van der Waals surface area contributed by atoms with Gasteiger partial charge in [-0.25, -0.2) is 4.68 Å². The lowest BCUT2D eigenvalue weighted by Crippen LogP contribution is -2.30. The van der Waals surface area contributed by atoms with E-state index < -0.39 is 0 Å². The summed E-state index contributed by atoms with van der Waals surface area (Å²) < 4.78 is 1.61. The van der Waals surface area contributed by atoms with Crippen LogP contribution in [0.15, 0.2) is 72.8 Å². The smallest absolute Gasteiger partial charge is 0.253 e. The number of fused-ring (bicyclic) bond motifs is 1. The second-order valence-corrected chi connectivity index (χ2v) is 6.68. The second-order valence-electron chi connectivity index (χ2n) is 6.24. The highest BCUT2D eigenvalue weighted by molar-refractivity contribution is 6.31. The van der Waals surface area contributed by atoms with E-state index in [0.717, 1.165) is 22.4 Å². The number of carbonyl (C=O) groups is 1. The van der Waals surface area contributed by atoms with Gasteiger partial charge in [-0.05, 0) is 54.6 Å². The first-order chi connectivity index (χ1) is 13.7. The Morgan fingerprint density at radius 1 is 1.04 bits per heavy atom. The van der Waals surface area contributed by atoms with Crippen LogP contribution in [0.2, 0.25) is 5.02 Å². The van der Waals surface area contributed by atoms with Gasteiger partial charge in [-0.15, -0.1) is 5.10 Å². The van der Waals surface area contributed by atoms with Crippen LogP contribution in [0.1, 0.15) is 0 Å². The molecule has 0 radical (unpaired) electrons. The topological polar surface area (TPSA) is 63.1 Å². The second kappa shape index (κ2) is 7.70. The quantitative estimate of drug-likeness (QED) is 0.544. The molecule has 140 valence electrons. The monoisotopic (exact) mass is 391 g/mol. The van der Waals surface area contributed by atoms with Crippen molar-refractivity contribution in [3.05, 3.63) is 77.8 Å². The Hall–Kier alpha value is -3.38. The van der Waals surface area contributed by atoms with Crippen molar-refractivity contribution in [1.29, 1.82) is 0 Å². The summed E-state index contributed by atoms with van der Waals surface area (Å²) in [6, 6.07) is 22.4. The number of benzene rings is 3. The van der Waals surface area contributed by atoms with Crippen molar-refractivity contribution >= 4 is 45.6 Å². The first-order valence-electron chi connectivity index (χ1n) is 8.80. The Morgan fingerprint density at radius 3 is 2.57 bits per heavy atom. The molecule has 0 saturated carbocycles. The molecule has 0 aliphatic rings. The van der Waals surface area contributed by atoms with E-state index in [0.29, 0.717) is 10.7 Å². The Labute approximate surface area is 167 Å². The molecule has 0 bridgehead atoms. The molecule has 7 heteroatoms. The number of hydrogen-bond acceptors (Lipinski definition) is 4. The lowest BCUT2D eigenvalue weighted by Gasteiger charge is -2.23. The maximum Gasteiger partial charge on any atom is 0.253 e. The average Bonchev–Trinajstić information content (AvgIpc) is 3.12. The van der Waals surface area contributed by atoms with Crippen LogP contribution in [0, 0.1) is 0 Å². The van der Waals surface area contributed by atoms with E-state index in [1.165, 1.54) is 0 Å². The number of amides is 1. The molecule has 1 aromatic heterocycles. The maximum atomic E-state index is 13.3. The van der Waals surface area contributed by atoms with Gasteiger partial charge in [0.2, 0.25) is 0 Å². The van der Waals surface area contributed by atoms with Crippen molar-refractivity contribution in [2.75, 3.05) is 17.3 Å². The van der Waals surface area contributed by atoms with Gasteiger partial charge in [0.1, 0.15) is 12.1 Å².